The largest absolute Gasteiger partial charge is 0.384 e. The van der Waals surface area contributed by atoms with Crippen LogP contribution in [-0.4, -0.2) is 23.7 Å². The van der Waals surface area contributed by atoms with E-state index < -0.39 is 0 Å². The number of hydrazine groups is 1. The highest BCUT2D eigenvalue weighted by atomic mass is 16.5. The van der Waals surface area contributed by atoms with Crippen LogP contribution in [0, 0.1) is 0 Å². The first-order valence-corrected chi connectivity index (χ1v) is 6.19. The molecule has 0 aromatic carbocycles. The van der Waals surface area contributed by atoms with Gasteiger partial charge in [0.05, 0.1) is 6.61 Å². The van der Waals surface area contributed by atoms with Gasteiger partial charge in [-0.15, -0.1) is 0 Å². The third kappa shape index (κ3) is 2.92. The molecule has 0 fully saturated rings. The second-order valence-corrected chi connectivity index (χ2v) is 4.36. The summed E-state index contributed by atoms with van der Waals surface area (Å²) in [5.41, 5.74) is 5.07. The number of hydrogen-bond acceptors (Lipinski definition) is 5. The zero-order chi connectivity index (χ0) is 12.1. The van der Waals surface area contributed by atoms with Crippen LogP contribution in [0.2, 0.25) is 0 Å². The van der Waals surface area contributed by atoms with E-state index in [0.29, 0.717) is 6.61 Å². The molecular formula is C12H20N4O. The van der Waals surface area contributed by atoms with Gasteiger partial charge in [-0.1, -0.05) is 6.42 Å². The minimum absolute atomic E-state index is 0.642. The molecule has 1 aliphatic rings. The first-order chi connectivity index (χ1) is 8.35. The van der Waals surface area contributed by atoms with Gasteiger partial charge in [-0.3, -0.25) is 0 Å². The number of aromatic nitrogens is 2. The molecule has 0 unspecified atom stereocenters. The van der Waals surface area contributed by atoms with Crippen LogP contribution < -0.4 is 11.3 Å². The molecule has 3 N–H and O–H groups in total. The second kappa shape index (κ2) is 5.93. The normalized spacial score (nSPS) is 15.2. The summed E-state index contributed by atoms with van der Waals surface area (Å²) in [5.74, 6) is 7.17. The summed E-state index contributed by atoms with van der Waals surface area (Å²) < 4.78 is 5.06. The van der Waals surface area contributed by atoms with Crippen LogP contribution in [0.1, 0.15) is 36.3 Å². The van der Waals surface area contributed by atoms with E-state index in [2.05, 4.69) is 15.4 Å². The van der Waals surface area contributed by atoms with E-state index >= 15 is 0 Å². The summed E-state index contributed by atoms with van der Waals surface area (Å²) in [6.45, 7) is 0.642. The smallest absolute Gasteiger partial charge is 0.147 e. The Hall–Kier alpha value is -1.20. The van der Waals surface area contributed by atoms with Crippen molar-refractivity contribution in [3.8, 4) is 0 Å². The predicted molar refractivity (Wildman–Crippen MR) is 66.7 cm³/mol. The molecule has 94 valence electrons. The Kier molecular flexibility index (Phi) is 4.28. The predicted octanol–water partition coefficient (Wildman–Crippen LogP) is 1.22. The van der Waals surface area contributed by atoms with Crippen molar-refractivity contribution in [3.63, 3.8) is 0 Å². The molecule has 0 saturated heterocycles. The molecule has 1 aliphatic carbocycles. The van der Waals surface area contributed by atoms with Crippen molar-refractivity contribution in [1.29, 1.82) is 0 Å². The fourth-order valence-electron chi connectivity index (χ4n) is 2.25. The number of hydrogen-bond donors (Lipinski definition) is 2. The molecule has 0 amide bonds. The van der Waals surface area contributed by atoms with E-state index in [-0.39, 0.29) is 0 Å². The lowest BCUT2D eigenvalue weighted by molar-refractivity contribution is 0.200. The molecule has 5 nitrogen and oxygen atoms in total. The lowest BCUT2D eigenvalue weighted by atomic mass is 10.1. The fraction of sp³-hybridized carbons (Fsp3) is 0.667. The molecule has 1 heterocycles. The number of aryl methyl sites for hydroxylation is 1. The zero-order valence-electron chi connectivity index (χ0n) is 10.3. The molecule has 0 saturated carbocycles. The van der Waals surface area contributed by atoms with Gasteiger partial charge in [0.1, 0.15) is 11.6 Å². The van der Waals surface area contributed by atoms with E-state index in [0.717, 1.165) is 36.6 Å². The van der Waals surface area contributed by atoms with Crippen molar-refractivity contribution < 1.29 is 4.74 Å². The Morgan fingerprint density at radius 3 is 2.82 bits per heavy atom. The maximum atomic E-state index is 5.55. The lowest BCUT2D eigenvalue weighted by Crippen LogP contribution is -2.16. The van der Waals surface area contributed by atoms with Gasteiger partial charge in [0.2, 0.25) is 0 Å². The molecule has 0 radical (unpaired) electrons. The number of nitrogens with one attached hydrogen (secondary N) is 1. The number of fused-ring (bicyclic) bond motifs is 1. The Morgan fingerprint density at radius 1 is 1.24 bits per heavy atom. The number of nitrogen functional groups attached to an aromatic ring is 1. The van der Waals surface area contributed by atoms with Crippen molar-refractivity contribution in [3.05, 3.63) is 17.1 Å². The first-order valence-electron chi connectivity index (χ1n) is 6.19. The van der Waals surface area contributed by atoms with Crippen LogP contribution in [0.25, 0.3) is 0 Å². The van der Waals surface area contributed by atoms with Crippen LogP contribution >= 0.6 is 0 Å². The number of rotatable bonds is 4. The van der Waals surface area contributed by atoms with Crippen molar-refractivity contribution in [2.45, 2.75) is 38.5 Å². The minimum Gasteiger partial charge on any atom is -0.384 e. The minimum atomic E-state index is 0.642. The van der Waals surface area contributed by atoms with Gasteiger partial charge in [0.15, 0.2) is 0 Å². The van der Waals surface area contributed by atoms with Gasteiger partial charge >= 0.3 is 0 Å². The summed E-state index contributed by atoms with van der Waals surface area (Å²) in [4.78, 5) is 9.09. The molecule has 0 atom stereocenters. The fourth-order valence-corrected chi connectivity index (χ4v) is 2.25. The molecule has 5 heteroatoms. The van der Waals surface area contributed by atoms with E-state index in [4.69, 9.17) is 10.6 Å². The number of anilines is 1. The maximum Gasteiger partial charge on any atom is 0.147 e. The standard InChI is InChI=1S/C12H20N4O/c1-17-8-7-11-14-10-6-4-2-3-5-9(10)12(15-11)16-13/h2-8,13H2,1H3,(H,14,15,16). The van der Waals surface area contributed by atoms with Crippen molar-refractivity contribution in [1.82, 2.24) is 9.97 Å². The molecule has 1 aromatic rings. The number of nitrogens with two attached hydrogens (primary N) is 1. The number of methoxy groups -OCH3 is 1. The van der Waals surface area contributed by atoms with E-state index in [9.17, 15) is 0 Å². The third-order valence-electron chi connectivity index (χ3n) is 3.15. The molecule has 17 heavy (non-hydrogen) atoms. The van der Waals surface area contributed by atoms with Gasteiger partial charge in [-0.25, -0.2) is 15.8 Å². The van der Waals surface area contributed by atoms with Crippen LogP contribution in [0.3, 0.4) is 0 Å². The summed E-state index contributed by atoms with van der Waals surface area (Å²) in [6, 6.07) is 0. The van der Waals surface area contributed by atoms with Crippen LogP contribution in [-0.2, 0) is 24.0 Å². The Bertz CT molecular complexity index is 381. The summed E-state index contributed by atoms with van der Waals surface area (Å²) >= 11 is 0. The highest BCUT2D eigenvalue weighted by Crippen LogP contribution is 2.24. The number of nitrogens with zero attached hydrogens (tertiary/aromatic N) is 2. The molecule has 2 rings (SSSR count). The third-order valence-corrected chi connectivity index (χ3v) is 3.15. The number of ether oxygens (including phenoxy) is 1. The van der Waals surface area contributed by atoms with E-state index in [1.165, 1.54) is 24.8 Å². The van der Waals surface area contributed by atoms with Gasteiger partial charge in [-0.05, 0) is 25.7 Å². The SMILES string of the molecule is COCCc1nc2c(c(NN)n1)CCCCC2. The quantitative estimate of drug-likeness (QED) is 0.467. The molecule has 0 aliphatic heterocycles. The Labute approximate surface area is 102 Å². The van der Waals surface area contributed by atoms with E-state index in [1.807, 2.05) is 0 Å². The van der Waals surface area contributed by atoms with Crippen LogP contribution in [0.5, 0.6) is 0 Å². The summed E-state index contributed by atoms with van der Waals surface area (Å²) in [7, 11) is 1.69. The summed E-state index contributed by atoms with van der Waals surface area (Å²) in [6.07, 6.45) is 6.46. The Balaban J connectivity index is 2.29. The molecule has 1 aromatic heterocycles. The second-order valence-electron chi connectivity index (χ2n) is 4.36. The van der Waals surface area contributed by atoms with Crippen molar-refractivity contribution in [2.75, 3.05) is 19.1 Å². The summed E-state index contributed by atoms with van der Waals surface area (Å²) in [5, 5.41) is 0. The van der Waals surface area contributed by atoms with Crippen molar-refractivity contribution >= 4 is 5.82 Å². The van der Waals surface area contributed by atoms with Crippen molar-refractivity contribution in [2.24, 2.45) is 5.84 Å². The van der Waals surface area contributed by atoms with Gasteiger partial charge in [0.25, 0.3) is 0 Å². The maximum absolute atomic E-state index is 5.55. The average molecular weight is 236 g/mol. The van der Waals surface area contributed by atoms with E-state index in [1.54, 1.807) is 7.11 Å². The highest BCUT2D eigenvalue weighted by Gasteiger charge is 2.15. The highest BCUT2D eigenvalue weighted by molar-refractivity contribution is 5.46. The van der Waals surface area contributed by atoms with Gasteiger partial charge in [-0.2, -0.15) is 0 Å². The zero-order valence-corrected chi connectivity index (χ0v) is 10.3. The average Bonchev–Trinajstić information content (AvgIpc) is 2.60. The first kappa shape index (κ1) is 12.3. The molecule has 0 bridgehead atoms. The van der Waals surface area contributed by atoms with Crippen LogP contribution in [0.15, 0.2) is 0 Å². The Morgan fingerprint density at radius 2 is 2.06 bits per heavy atom. The molecule has 0 spiro atoms. The topological polar surface area (TPSA) is 73.1 Å². The van der Waals surface area contributed by atoms with Gasteiger partial charge in [0, 0.05) is 24.8 Å². The monoisotopic (exact) mass is 236 g/mol. The van der Waals surface area contributed by atoms with Gasteiger partial charge < -0.3 is 10.2 Å². The molecular weight excluding hydrogens is 216 g/mol. The lowest BCUT2D eigenvalue weighted by Gasteiger charge is -2.12. The van der Waals surface area contributed by atoms with Crippen LogP contribution in [0.4, 0.5) is 5.82 Å².